The van der Waals surface area contributed by atoms with Gasteiger partial charge in [0.15, 0.2) is 0 Å². The van der Waals surface area contributed by atoms with E-state index in [1.54, 1.807) is 0 Å². The first kappa shape index (κ1) is 10.8. The van der Waals surface area contributed by atoms with Gasteiger partial charge in [-0.2, -0.15) is 12.6 Å². The van der Waals surface area contributed by atoms with Crippen LogP contribution >= 0.6 is 12.6 Å². The summed E-state index contributed by atoms with van der Waals surface area (Å²) in [6.45, 7) is 3.95. The summed E-state index contributed by atoms with van der Waals surface area (Å²) in [5.41, 5.74) is 0. The summed E-state index contributed by atoms with van der Waals surface area (Å²) in [6.07, 6.45) is 3.05. The van der Waals surface area contributed by atoms with Crippen molar-refractivity contribution in [2.75, 3.05) is 0 Å². The molecule has 0 fully saturated rings. The Labute approximate surface area is 73.4 Å². The second kappa shape index (κ2) is 4.65. The molecule has 0 aliphatic heterocycles. The predicted molar refractivity (Wildman–Crippen MR) is 49.2 cm³/mol. The Kier molecular flexibility index (Phi) is 4.57. The summed E-state index contributed by atoms with van der Waals surface area (Å²) >= 11 is 4.17. The van der Waals surface area contributed by atoms with Gasteiger partial charge in [0, 0.05) is 0 Å². The normalized spacial score (nSPS) is 11.5. The van der Waals surface area contributed by atoms with Crippen molar-refractivity contribution in [3.05, 3.63) is 0 Å². The number of rotatable bonds is 5. The maximum absolute atomic E-state index is 10.7. The molecule has 66 valence electrons. The first-order valence-corrected chi connectivity index (χ1v) is 4.47. The van der Waals surface area contributed by atoms with Crippen LogP contribution in [0.2, 0.25) is 0 Å². The predicted octanol–water partition coefficient (Wildman–Crippen LogP) is 2.34. The van der Waals surface area contributed by atoms with Crippen molar-refractivity contribution in [1.29, 1.82) is 0 Å². The van der Waals surface area contributed by atoms with E-state index in [0.29, 0.717) is 12.8 Å². The molecular weight excluding hydrogens is 160 g/mol. The van der Waals surface area contributed by atoms with Crippen LogP contribution in [0.3, 0.4) is 0 Å². The average Bonchev–Trinajstić information content (AvgIpc) is 1.88. The molecule has 0 aromatic heterocycles. The molecule has 0 saturated heterocycles. The van der Waals surface area contributed by atoms with Gasteiger partial charge in [-0.05, 0) is 12.8 Å². The molecular formula is C8H16O2S. The van der Waals surface area contributed by atoms with Crippen LogP contribution in [0.1, 0.15) is 39.5 Å². The molecule has 0 aromatic rings. The number of carbonyl (C=O) groups is 1. The largest absolute Gasteiger partial charge is 0.480 e. The quantitative estimate of drug-likeness (QED) is 0.631. The molecule has 0 saturated carbocycles. The Balaban J connectivity index is 4.13. The number of hydrogen-bond donors (Lipinski definition) is 2. The molecule has 2 nitrogen and oxygen atoms in total. The van der Waals surface area contributed by atoms with Crippen LogP contribution in [-0.2, 0) is 4.79 Å². The first-order chi connectivity index (χ1) is 5.06. The SMILES string of the molecule is CCCC(S)(CCC)C(=O)O. The highest BCUT2D eigenvalue weighted by molar-refractivity contribution is 7.82. The molecule has 0 radical (unpaired) electrons. The summed E-state index contributed by atoms with van der Waals surface area (Å²) in [5, 5.41) is 8.82. The third-order valence-electron chi connectivity index (χ3n) is 1.73. The number of thiol groups is 1. The lowest BCUT2D eigenvalue weighted by Crippen LogP contribution is -2.32. The third kappa shape index (κ3) is 3.14. The van der Waals surface area contributed by atoms with E-state index < -0.39 is 10.7 Å². The number of hydrogen-bond acceptors (Lipinski definition) is 2. The van der Waals surface area contributed by atoms with Crippen LogP contribution in [0.5, 0.6) is 0 Å². The van der Waals surface area contributed by atoms with Gasteiger partial charge in [0.25, 0.3) is 0 Å². The van der Waals surface area contributed by atoms with Gasteiger partial charge in [0.2, 0.25) is 0 Å². The fourth-order valence-electron chi connectivity index (χ4n) is 1.17. The van der Waals surface area contributed by atoms with Gasteiger partial charge in [0.1, 0.15) is 4.75 Å². The molecule has 0 atom stereocenters. The summed E-state index contributed by atoms with van der Waals surface area (Å²) in [7, 11) is 0. The third-order valence-corrected chi connectivity index (χ3v) is 2.36. The lowest BCUT2D eigenvalue weighted by molar-refractivity contribution is -0.140. The minimum atomic E-state index is -0.788. The van der Waals surface area contributed by atoms with E-state index >= 15 is 0 Å². The van der Waals surface area contributed by atoms with Gasteiger partial charge in [0.05, 0.1) is 0 Å². The zero-order valence-electron chi connectivity index (χ0n) is 7.13. The maximum Gasteiger partial charge on any atom is 0.319 e. The maximum atomic E-state index is 10.7. The van der Waals surface area contributed by atoms with Crippen molar-refractivity contribution in [2.45, 2.75) is 44.3 Å². The molecule has 0 spiro atoms. The highest BCUT2D eigenvalue weighted by atomic mass is 32.1. The molecule has 0 rings (SSSR count). The molecule has 0 bridgehead atoms. The number of carboxylic acids is 1. The molecule has 3 heteroatoms. The van der Waals surface area contributed by atoms with E-state index in [4.69, 9.17) is 5.11 Å². The van der Waals surface area contributed by atoms with Crippen LogP contribution in [0.25, 0.3) is 0 Å². The highest BCUT2D eigenvalue weighted by Gasteiger charge is 2.31. The number of aliphatic carboxylic acids is 1. The molecule has 0 aromatic carbocycles. The highest BCUT2D eigenvalue weighted by Crippen LogP contribution is 2.26. The molecule has 0 heterocycles. The van der Waals surface area contributed by atoms with Crippen molar-refractivity contribution >= 4 is 18.6 Å². The van der Waals surface area contributed by atoms with Crippen LogP contribution < -0.4 is 0 Å². The zero-order valence-corrected chi connectivity index (χ0v) is 8.03. The summed E-state index contributed by atoms with van der Waals surface area (Å²) in [5.74, 6) is -0.787. The Morgan fingerprint density at radius 1 is 1.36 bits per heavy atom. The van der Waals surface area contributed by atoms with Gasteiger partial charge in [-0.25, -0.2) is 0 Å². The monoisotopic (exact) mass is 176 g/mol. The zero-order chi connectivity index (χ0) is 8.91. The smallest absolute Gasteiger partial charge is 0.319 e. The Morgan fingerprint density at radius 3 is 1.91 bits per heavy atom. The topological polar surface area (TPSA) is 37.3 Å². The number of carboxylic acid groups (broad SMARTS) is 1. The molecule has 0 amide bonds. The van der Waals surface area contributed by atoms with Crippen molar-refractivity contribution in [1.82, 2.24) is 0 Å². The average molecular weight is 176 g/mol. The lowest BCUT2D eigenvalue weighted by atomic mass is 9.97. The van der Waals surface area contributed by atoms with Crippen LogP contribution in [0.15, 0.2) is 0 Å². The van der Waals surface area contributed by atoms with E-state index in [1.807, 2.05) is 13.8 Å². The van der Waals surface area contributed by atoms with E-state index in [-0.39, 0.29) is 0 Å². The van der Waals surface area contributed by atoms with Crippen molar-refractivity contribution in [3.8, 4) is 0 Å². The van der Waals surface area contributed by atoms with Gasteiger partial charge in [-0.1, -0.05) is 26.7 Å². The molecule has 0 unspecified atom stereocenters. The first-order valence-electron chi connectivity index (χ1n) is 4.02. The molecule has 11 heavy (non-hydrogen) atoms. The van der Waals surface area contributed by atoms with Gasteiger partial charge < -0.3 is 5.11 Å². The minimum Gasteiger partial charge on any atom is -0.480 e. The van der Waals surface area contributed by atoms with E-state index in [2.05, 4.69) is 12.6 Å². The van der Waals surface area contributed by atoms with Crippen LogP contribution in [0.4, 0.5) is 0 Å². The van der Waals surface area contributed by atoms with Crippen LogP contribution in [0, 0.1) is 0 Å². The fraction of sp³-hybridized carbons (Fsp3) is 0.875. The molecule has 0 aliphatic rings. The summed E-state index contributed by atoms with van der Waals surface area (Å²) in [6, 6.07) is 0. The van der Waals surface area contributed by atoms with Crippen molar-refractivity contribution in [3.63, 3.8) is 0 Å². The van der Waals surface area contributed by atoms with E-state index in [0.717, 1.165) is 12.8 Å². The van der Waals surface area contributed by atoms with E-state index in [9.17, 15) is 4.79 Å². The Morgan fingerprint density at radius 2 is 1.73 bits per heavy atom. The molecule has 1 N–H and O–H groups in total. The van der Waals surface area contributed by atoms with Gasteiger partial charge in [-0.15, -0.1) is 0 Å². The fourth-order valence-corrected chi connectivity index (χ4v) is 1.61. The second-order valence-corrected chi connectivity index (χ2v) is 3.69. The second-order valence-electron chi connectivity index (χ2n) is 2.84. The lowest BCUT2D eigenvalue weighted by Gasteiger charge is -2.21. The van der Waals surface area contributed by atoms with Crippen molar-refractivity contribution in [2.24, 2.45) is 0 Å². The summed E-state index contributed by atoms with van der Waals surface area (Å²) in [4.78, 5) is 10.7. The Bertz CT molecular complexity index is 128. The molecule has 0 aliphatic carbocycles. The minimum absolute atomic E-state index is 0.652. The van der Waals surface area contributed by atoms with Crippen molar-refractivity contribution < 1.29 is 9.90 Å². The van der Waals surface area contributed by atoms with E-state index in [1.165, 1.54) is 0 Å². The van der Waals surface area contributed by atoms with Crippen LogP contribution in [-0.4, -0.2) is 15.8 Å². The standard InChI is InChI=1S/C8H16O2S/c1-3-5-8(11,6-4-2)7(9)10/h11H,3-6H2,1-2H3,(H,9,10). The summed E-state index contributed by atoms with van der Waals surface area (Å²) < 4.78 is -0.788. The van der Waals surface area contributed by atoms with Gasteiger partial charge in [-0.3, -0.25) is 4.79 Å². The Hall–Kier alpha value is -0.180. The van der Waals surface area contributed by atoms with Gasteiger partial charge >= 0.3 is 5.97 Å².